The molecule has 0 unspecified atom stereocenters. The number of rotatable bonds is 7. The molecule has 0 saturated heterocycles. The van der Waals surface area contributed by atoms with Crippen LogP contribution in [0.15, 0.2) is 65.3 Å². The Bertz CT molecular complexity index is 1170. The van der Waals surface area contributed by atoms with Gasteiger partial charge in [0, 0.05) is 23.2 Å². The summed E-state index contributed by atoms with van der Waals surface area (Å²) in [6.07, 6.45) is 3.75. The number of pyridine rings is 1. The van der Waals surface area contributed by atoms with Crippen LogP contribution in [0.25, 0.3) is 22.2 Å². The van der Waals surface area contributed by atoms with E-state index in [1.54, 1.807) is 12.3 Å². The number of hydrogen-bond acceptors (Lipinski definition) is 5. The highest BCUT2D eigenvalue weighted by Crippen LogP contribution is 2.30. The molecule has 152 valence electrons. The van der Waals surface area contributed by atoms with Gasteiger partial charge in [-0.2, -0.15) is 0 Å². The molecule has 2 aromatic carbocycles. The van der Waals surface area contributed by atoms with Gasteiger partial charge in [0.25, 0.3) is 5.91 Å². The first-order valence-electron chi connectivity index (χ1n) is 10.0. The molecule has 30 heavy (non-hydrogen) atoms. The molecule has 4 aromatic rings. The number of fused-ring (bicyclic) bond motifs is 1. The summed E-state index contributed by atoms with van der Waals surface area (Å²) in [5.41, 5.74) is 3.60. The van der Waals surface area contributed by atoms with Crippen molar-refractivity contribution in [2.75, 3.05) is 11.9 Å². The van der Waals surface area contributed by atoms with Crippen LogP contribution in [0, 0.1) is 6.92 Å². The Morgan fingerprint density at radius 1 is 1.13 bits per heavy atom. The summed E-state index contributed by atoms with van der Waals surface area (Å²) in [5.74, 6) is 0.911. The van der Waals surface area contributed by atoms with Crippen molar-refractivity contribution in [3.63, 3.8) is 0 Å². The predicted octanol–water partition coefficient (Wildman–Crippen LogP) is 5.63. The highest BCUT2D eigenvalue weighted by Gasteiger charge is 2.16. The van der Waals surface area contributed by atoms with Gasteiger partial charge in [-0.1, -0.05) is 48.3 Å². The SMILES string of the molecule is CCCCOc1ccc(NC(=O)c2cc(-c3ccc(C)cc3)on2)c2cccnc12. The van der Waals surface area contributed by atoms with Gasteiger partial charge >= 0.3 is 0 Å². The number of ether oxygens (including phenoxy) is 1. The number of aryl methyl sites for hydroxylation is 1. The van der Waals surface area contributed by atoms with Gasteiger partial charge in [0.2, 0.25) is 0 Å². The van der Waals surface area contributed by atoms with Crippen molar-refractivity contribution < 1.29 is 14.1 Å². The number of carbonyl (C=O) groups excluding carboxylic acids is 1. The van der Waals surface area contributed by atoms with E-state index in [2.05, 4.69) is 22.4 Å². The van der Waals surface area contributed by atoms with E-state index in [1.807, 2.05) is 55.5 Å². The molecule has 1 amide bonds. The fourth-order valence-electron chi connectivity index (χ4n) is 3.12. The molecule has 6 nitrogen and oxygen atoms in total. The van der Waals surface area contributed by atoms with Crippen molar-refractivity contribution in [2.24, 2.45) is 0 Å². The lowest BCUT2D eigenvalue weighted by Gasteiger charge is -2.12. The molecule has 0 aliphatic carbocycles. The van der Waals surface area contributed by atoms with Gasteiger partial charge in [0.1, 0.15) is 11.3 Å². The molecular weight excluding hydrogens is 378 g/mol. The zero-order valence-electron chi connectivity index (χ0n) is 17.0. The van der Waals surface area contributed by atoms with E-state index in [0.29, 0.717) is 29.3 Å². The first-order valence-corrected chi connectivity index (χ1v) is 10.0. The van der Waals surface area contributed by atoms with E-state index in [4.69, 9.17) is 9.26 Å². The lowest BCUT2D eigenvalue weighted by Crippen LogP contribution is -2.12. The third-order valence-corrected chi connectivity index (χ3v) is 4.82. The average molecular weight is 401 g/mol. The maximum Gasteiger partial charge on any atom is 0.277 e. The maximum absolute atomic E-state index is 12.8. The van der Waals surface area contributed by atoms with E-state index in [-0.39, 0.29) is 11.6 Å². The molecule has 2 heterocycles. The lowest BCUT2D eigenvalue weighted by atomic mass is 10.1. The molecule has 2 aromatic heterocycles. The molecule has 0 fully saturated rings. The Labute approximate surface area is 174 Å². The largest absolute Gasteiger partial charge is 0.491 e. The van der Waals surface area contributed by atoms with Crippen LogP contribution in [0.5, 0.6) is 5.75 Å². The van der Waals surface area contributed by atoms with Crippen LogP contribution >= 0.6 is 0 Å². The quantitative estimate of drug-likeness (QED) is 0.406. The van der Waals surface area contributed by atoms with Gasteiger partial charge in [0.15, 0.2) is 11.5 Å². The lowest BCUT2D eigenvalue weighted by molar-refractivity contribution is 0.101. The number of hydrogen-bond donors (Lipinski definition) is 1. The fraction of sp³-hybridized carbons (Fsp3) is 0.208. The van der Waals surface area contributed by atoms with Gasteiger partial charge in [-0.25, -0.2) is 0 Å². The van der Waals surface area contributed by atoms with E-state index < -0.39 is 0 Å². The smallest absolute Gasteiger partial charge is 0.277 e. The summed E-state index contributed by atoms with van der Waals surface area (Å²) in [6.45, 7) is 4.77. The minimum Gasteiger partial charge on any atom is -0.491 e. The molecule has 4 rings (SSSR count). The Morgan fingerprint density at radius 3 is 2.77 bits per heavy atom. The summed E-state index contributed by atoms with van der Waals surface area (Å²) in [7, 11) is 0. The molecule has 0 aliphatic rings. The molecule has 0 spiro atoms. The highest BCUT2D eigenvalue weighted by atomic mass is 16.5. The van der Waals surface area contributed by atoms with Gasteiger partial charge in [-0.05, 0) is 37.6 Å². The second-order valence-electron chi connectivity index (χ2n) is 7.11. The van der Waals surface area contributed by atoms with Crippen LogP contribution in [0.4, 0.5) is 5.69 Å². The minimum atomic E-state index is -0.345. The molecule has 6 heteroatoms. The van der Waals surface area contributed by atoms with Crippen molar-refractivity contribution in [1.82, 2.24) is 10.1 Å². The standard InChI is InChI=1S/C24H23N3O3/c1-3-4-14-29-21-12-11-19(18-6-5-13-25-23(18)21)26-24(28)20-15-22(30-27-20)17-9-7-16(2)8-10-17/h5-13,15H,3-4,14H2,1-2H3,(H,26,28). The zero-order chi connectivity index (χ0) is 20.9. The molecule has 0 radical (unpaired) electrons. The third-order valence-electron chi connectivity index (χ3n) is 4.82. The minimum absolute atomic E-state index is 0.214. The average Bonchev–Trinajstić information content (AvgIpc) is 3.26. The van der Waals surface area contributed by atoms with Crippen LogP contribution in [0.3, 0.4) is 0 Å². The number of unbranched alkanes of at least 4 members (excludes halogenated alkanes) is 1. The number of benzene rings is 2. The van der Waals surface area contributed by atoms with Gasteiger partial charge in [-0.3, -0.25) is 9.78 Å². The van der Waals surface area contributed by atoms with Crippen LogP contribution in [0.2, 0.25) is 0 Å². The third kappa shape index (κ3) is 4.17. The topological polar surface area (TPSA) is 77.2 Å². The molecule has 1 N–H and O–H groups in total. The van der Waals surface area contributed by atoms with Crippen LogP contribution in [-0.4, -0.2) is 22.7 Å². The number of nitrogens with zero attached hydrogens (tertiary/aromatic N) is 2. The normalized spacial score (nSPS) is 10.9. The van der Waals surface area contributed by atoms with Crippen LogP contribution in [-0.2, 0) is 0 Å². The monoisotopic (exact) mass is 401 g/mol. The Kier molecular flexibility index (Phi) is 5.75. The maximum atomic E-state index is 12.8. The summed E-state index contributed by atoms with van der Waals surface area (Å²) >= 11 is 0. The van der Waals surface area contributed by atoms with Gasteiger partial charge < -0.3 is 14.6 Å². The van der Waals surface area contributed by atoms with Crippen LogP contribution < -0.4 is 10.1 Å². The van der Waals surface area contributed by atoms with Gasteiger partial charge in [0.05, 0.1) is 12.3 Å². The Hall–Kier alpha value is -3.67. The molecule has 0 saturated carbocycles. The summed E-state index contributed by atoms with van der Waals surface area (Å²) in [5, 5.41) is 7.65. The summed E-state index contributed by atoms with van der Waals surface area (Å²) in [6, 6.07) is 16.9. The first-order chi connectivity index (χ1) is 14.7. The van der Waals surface area contributed by atoms with E-state index in [0.717, 1.165) is 29.4 Å². The second-order valence-corrected chi connectivity index (χ2v) is 7.11. The number of nitrogens with one attached hydrogen (secondary N) is 1. The number of anilines is 1. The highest BCUT2D eigenvalue weighted by molar-refractivity contribution is 6.08. The van der Waals surface area contributed by atoms with Gasteiger partial charge in [-0.15, -0.1) is 0 Å². The predicted molar refractivity (Wildman–Crippen MR) is 117 cm³/mol. The van der Waals surface area contributed by atoms with Crippen molar-refractivity contribution in [2.45, 2.75) is 26.7 Å². The Morgan fingerprint density at radius 2 is 1.97 bits per heavy atom. The summed E-state index contributed by atoms with van der Waals surface area (Å²) < 4.78 is 11.2. The molecule has 0 aliphatic heterocycles. The number of carbonyl (C=O) groups is 1. The van der Waals surface area contributed by atoms with Crippen molar-refractivity contribution in [3.8, 4) is 17.1 Å². The zero-order valence-corrected chi connectivity index (χ0v) is 17.0. The summed E-state index contributed by atoms with van der Waals surface area (Å²) in [4.78, 5) is 17.2. The number of amides is 1. The van der Waals surface area contributed by atoms with E-state index in [9.17, 15) is 4.79 Å². The molecule has 0 atom stereocenters. The van der Waals surface area contributed by atoms with E-state index in [1.165, 1.54) is 0 Å². The first kappa shape index (κ1) is 19.6. The fourth-order valence-corrected chi connectivity index (χ4v) is 3.12. The molecular formula is C24H23N3O3. The second kappa shape index (κ2) is 8.78. The Balaban J connectivity index is 1.56. The van der Waals surface area contributed by atoms with Crippen molar-refractivity contribution >= 4 is 22.5 Å². The number of aromatic nitrogens is 2. The van der Waals surface area contributed by atoms with Crippen LogP contribution in [0.1, 0.15) is 35.8 Å². The van der Waals surface area contributed by atoms with Crippen molar-refractivity contribution in [3.05, 3.63) is 72.1 Å². The molecule has 0 bridgehead atoms. The van der Waals surface area contributed by atoms with E-state index >= 15 is 0 Å². The van der Waals surface area contributed by atoms with Crippen molar-refractivity contribution in [1.29, 1.82) is 0 Å².